The Kier molecular flexibility index (Phi) is 8.02. The Morgan fingerprint density at radius 3 is 2.78 bits per heavy atom. The van der Waals surface area contributed by atoms with Crippen molar-refractivity contribution in [2.75, 3.05) is 31.6 Å². The second kappa shape index (κ2) is 11.1. The second-order valence-electron chi connectivity index (χ2n) is 8.05. The van der Waals surface area contributed by atoms with Gasteiger partial charge in [-0.05, 0) is 63.0 Å². The molecule has 1 N–H and O–H groups in total. The third-order valence-corrected chi connectivity index (χ3v) is 7.97. The van der Waals surface area contributed by atoms with E-state index in [4.69, 9.17) is 0 Å². The Balaban J connectivity index is 0.000000158. The number of carbonyl (C=O) groups excluding carboxylic acids is 1. The zero-order chi connectivity index (χ0) is 22.3. The number of hydrogen-bond donors (Lipinski definition) is 1. The van der Waals surface area contributed by atoms with E-state index in [1.54, 1.807) is 23.3 Å². The normalized spacial score (nSPS) is 15.9. The number of thiophene rings is 1. The monoisotopic (exact) mass is 469 g/mol. The highest BCUT2D eigenvalue weighted by molar-refractivity contribution is 7.98. The van der Waals surface area contributed by atoms with E-state index in [9.17, 15) is 4.79 Å². The van der Waals surface area contributed by atoms with Crippen LogP contribution in [0.1, 0.15) is 39.3 Å². The van der Waals surface area contributed by atoms with Gasteiger partial charge in [-0.2, -0.15) is 0 Å². The van der Waals surface area contributed by atoms with Gasteiger partial charge in [-0.3, -0.25) is 4.79 Å². The van der Waals surface area contributed by atoms with Crippen LogP contribution in [0.25, 0.3) is 0 Å². The number of nitrogens with zero attached hydrogens (tertiary/aromatic N) is 4. The number of nitrogens with one attached hydrogen (secondary N) is 1. The number of pyridine rings is 1. The summed E-state index contributed by atoms with van der Waals surface area (Å²) >= 11 is 3.46. The lowest BCUT2D eigenvalue weighted by atomic mass is 10.2. The Hall–Kier alpha value is -2.13. The van der Waals surface area contributed by atoms with Crippen LogP contribution in [0.4, 0.5) is 5.82 Å². The molecule has 0 bridgehead atoms. The fourth-order valence-electron chi connectivity index (χ4n) is 4.10. The van der Waals surface area contributed by atoms with Crippen molar-refractivity contribution in [1.29, 1.82) is 0 Å². The zero-order valence-corrected chi connectivity index (χ0v) is 20.4. The molecule has 2 aliphatic heterocycles. The minimum Gasteiger partial charge on any atom is -0.356 e. The molecule has 0 radical (unpaired) electrons. The molecule has 170 valence electrons. The summed E-state index contributed by atoms with van der Waals surface area (Å²) in [5.41, 5.74) is 3.48. The first-order valence-electron chi connectivity index (χ1n) is 11.1. The van der Waals surface area contributed by atoms with Gasteiger partial charge >= 0.3 is 0 Å². The predicted octanol–water partition coefficient (Wildman–Crippen LogP) is 4.59. The summed E-state index contributed by atoms with van der Waals surface area (Å²) in [6, 6.07) is 10.4. The van der Waals surface area contributed by atoms with Gasteiger partial charge in [0.25, 0.3) is 0 Å². The Morgan fingerprint density at radius 1 is 1.19 bits per heavy atom. The maximum absolute atomic E-state index is 10.8. The molecule has 0 aromatic carbocycles. The molecule has 3 aromatic rings. The topological polar surface area (TPSA) is 53.4 Å². The van der Waals surface area contributed by atoms with E-state index in [1.807, 2.05) is 32.3 Å². The molecule has 0 aliphatic carbocycles. The second-order valence-corrected chi connectivity index (χ2v) is 10.7. The highest BCUT2D eigenvalue weighted by atomic mass is 32.2. The van der Waals surface area contributed by atoms with Gasteiger partial charge in [-0.1, -0.05) is 6.07 Å². The number of aryl methyl sites for hydroxylation is 1. The van der Waals surface area contributed by atoms with Crippen LogP contribution in [0.2, 0.25) is 0 Å². The number of fused-ring (bicyclic) bond motifs is 1. The van der Waals surface area contributed by atoms with E-state index in [1.165, 1.54) is 34.1 Å². The quantitative estimate of drug-likeness (QED) is 0.421. The number of anilines is 1. The van der Waals surface area contributed by atoms with Gasteiger partial charge in [-0.15, -0.1) is 11.3 Å². The summed E-state index contributed by atoms with van der Waals surface area (Å²) in [7, 11) is 1.97. The first kappa shape index (κ1) is 23.0. The Morgan fingerprint density at radius 2 is 2.03 bits per heavy atom. The molecule has 6 nitrogen and oxygen atoms in total. The van der Waals surface area contributed by atoms with Crippen LogP contribution in [0.5, 0.6) is 0 Å². The van der Waals surface area contributed by atoms with Crippen LogP contribution < -0.4 is 10.2 Å². The van der Waals surface area contributed by atoms with E-state index in [0.29, 0.717) is 0 Å². The van der Waals surface area contributed by atoms with Crippen molar-refractivity contribution in [3.05, 3.63) is 64.4 Å². The van der Waals surface area contributed by atoms with Crippen LogP contribution in [-0.2, 0) is 19.6 Å². The summed E-state index contributed by atoms with van der Waals surface area (Å²) in [4.78, 5) is 18.8. The molecule has 0 amide bonds. The molecule has 1 saturated heterocycles. The first-order valence-corrected chi connectivity index (χ1v) is 12.7. The molecule has 0 saturated carbocycles. The fraction of sp³-hybridized carbons (Fsp3) is 0.417. The smallest absolute Gasteiger partial charge is 0.151 e. The third kappa shape index (κ3) is 5.61. The molecule has 32 heavy (non-hydrogen) atoms. The first-order chi connectivity index (χ1) is 15.7. The summed E-state index contributed by atoms with van der Waals surface area (Å²) in [6.07, 6.45) is 7.56. The zero-order valence-electron chi connectivity index (χ0n) is 18.8. The summed E-state index contributed by atoms with van der Waals surface area (Å²) in [5, 5.41) is 3.18. The maximum Gasteiger partial charge on any atom is 0.151 e. The number of aromatic nitrogens is 2. The predicted molar refractivity (Wildman–Crippen MR) is 134 cm³/mol. The molecule has 0 unspecified atom stereocenters. The summed E-state index contributed by atoms with van der Waals surface area (Å²) in [5.74, 6) is 1.17. The van der Waals surface area contributed by atoms with Crippen molar-refractivity contribution in [2.45, 2.75) is 43.6 Å². The van der Waals surface area contributed by atoms with Gasteiger partial charge in [0, 0.05) is 73.4 Å². The average molecular weight is 470 g/mol. The molecule has 1 fully saturated rings. The van der Waals surface area contributed by atoms with Crippen LogP contribution in [0, 0.1) is 6.92 Å². The van der Waals surface area contributed by atoms with E-state index < -0.39 is 0 Å². The van der Waals surface area contributed by atoms with Crippen molar-refractivity contribution in [1.82, 2.24) is 19.2 Å². The average Bonchev–Trinajstić information content (AvgIpc) is 3.56. The lowest BCUT2D eigenvalue weighted by Gasteiger charge is -2.26. The van der Waals surface area contributed by atoms with Gasteiger partial charge < -0.3 is 14.8 Å². The van der Waals surface area contributed by atoms with Gasteiger partial charge in [0.2, 0.25) is 0 Å². The molecule has 3 aromatic heterocycles. The summed E-state index contributed by atoms with van der Waals surface area (Å²) in [6.45, 7) is 8.27. The highest BCUT2D eigenvalue weighted by Gasteiger charge is 2.18. The van der Waals surface area contributed by atoms with Gasteiger partial charge in [-0.25, -0.2) is 9.29 Å². The fourth-order valence-corrected chi connectivity index (χ4v) is 6.45. The lowest BCUT2D eigenvalue weighted by Crippen LogP contribution is -2.27. The molecule has 8 heteroatoms. The van der Waals surface area contributed by atoms with Crippen molar-refractivity contribution in [2.24, 2.45) is 0 Å². The van der Waals surface area contributed by atoms with Gasteiger partial charge in [0.05, 0.1) is 4.21 Å². The van der Waals surface area contributed by atoms with E-state index >= 15 is 0 Å². The Bertz CT molecular complexity index is 1030. The lowest BCUT2D eigenvalue weighted by molar-refractivity contribution is 0.112. The third-order valence-electron chi connectivity index (χ3n) is 5.77. The molecular weight excluding hydrogens is 438 g/mol. The number of hydrogen-bond acceptors (Lipinski definition) is 7. The standard InChI is InChI=1S/C13H14N2OS2.C11H17N3/c1-10-11(9-16)7-13(17-10)18-15-6-5-14-4-2-3-12(14)8-15;1-12-9-10-5-4-6-13-11(10)14-7-2-3-8-14/h2-4,7,9H,5-6,8H2,1H3;4-6,12H,2-3,7-9H2,1H3. The SMILES string of the molecule is CNCc1cccnc1N1CCCC1.Cc1sc(SN2CCn3cccc3C2)cc1C=O. The highest BCUT2D eigenvalue weighted by Crippen LogP contribution is 2.34. The van der Waals surface area contributed by atoms with Crippen LogP contribution >= 0.6 is 23.3 Å². The minimum atomic E-state index is 0.822. The molecule has 2 aliphatic rings. The number of carbonyl (C=O) groups is 1. The number of rotatable bonds is 6. The Labute approximate surface area is 198 Å². The van der Waals surface area contributed by atoms with Crippen molar-refractivity contribution < 1.29 is 4.79 Å². The molecule has 0 spiro atoms. The van der Waals surface area contributed by atoms with Crippen molar-refractivity contribution in [3.63, 3.8) is 0 Å². The largest absolute Gasteiger partial charge is 0.356 e. The van der Waals surface area contributed by atoms with Crippen LogP contribution in [0.3, 0.4) is 0 Å². The van der Waals surface area contributed by atoms with Crippen molar-refractivity contribution in [3.8, 4) is 0 Å². The van der Waals surface area contributed by atoms with Crippen LogP contribution in [0.15, 0.2) is 46.9 Å². The molecule has 5 rings (SSSR count). The van der Waals surface area contributed by atoms with Gasteiger partial charge in [0.15, 0.2) is 6.29 Å². The van der Waals surface area contributed by atoms with E-state index in [2.05, 4.69) is 48.5 Å². The number of aldehydes is 1. The molecule has 5 heterocycles. The maximum atomic E-state index is 10.8. The summed E-state index contributed by atoms with van der Waals surface area (Å²) < 4.78 is 5.86. The minimum absolute atomic E-state index is 0.822. The van der Waals surface area contributed by atoms with E-state index in [0.717, 1.165) is 56.0 Å². The van der Waals surface area contributed by atoms with Crippen LogP contribution in [-0.4, -0.2) is 46.8 Å². The van der Waals surface area contributed by atoms with Gasteiger partial charge in [0.1, 0.15) is 5.82 Å². The molecular formula is C24H31N5OS2. The van der Waals surface area contributed by atoms with Crippen molar-refractivity contribution >= 4 is 35.4 Å². The van der Waals surface area contributed by atoms with E-state index in [-0.39, 0.29) is 0 Å². The molecule has 0 atom stereocenters.